The molecule has 0 unspecified atom stereocenters. The summed E-state index contributed by atoms with van der Waals surface area (Å²) < 4.78 is 35.7. The minimum Gasteiger partial charge on any atom is -0.365 e. The lowest BCUT2D eigenvalue weighted by atomic mass is 10.5. The third-order valence-corrected chi connectivity index (χ3v) is 2.42. The monoisotopic (exact) mass is 254 g/mol. The Morgan fingerprint density at radius 3 is 0.941 bits per heavy atom. The van der Waals surface area contributed by atoms with Crippen molar-refractivity contribution in [2.75, 3.05) is 55.9 Å². The molecule has 0 spiro atoms. The lowest BCUT2D eigenvalue weighted by Gasteiger charge is -2.31. The SMILES string of the molecule is COC(COCC(OC)(OC)OC)(OC)OC. The first-order valence-corrected chi connectivity index (χ1v) is 4.96. The number of rotatable bonds is 10. The van der Waals surface area contributed by atoms with Crippen LogP contribution < -0.4 is 0 Å². The molecule has 0 aliphatic heterocycles. The van der Waals surface area contributed by atoms with Crippen molar-refractivity contribution in [3.8, 4) is 0 Å². The summed E-state index contributed by atoms with van der Waals surface area (Å²) in [6.07, 6.45) is 0. The van der Waals surface area contributed by atoms with Gasteiger partial charge in [-0.05, 0) is 0 Å². The van der Waals surface area contributed by atoms with Gasteiger partial charge < -0.3 is 33.2 Å². The molecule has 0 amide bonds. The van der Waals surface area contributed by atoms with Crippen LogP contribution in [0.15, 0.2) is 0 Å². The molecule has 0 radical (unpaired) electrons. The molecular formula is C10H22O7. The van der Waals surface area contributed by atoms with E-state index in [2.05, 4.69) is 0 Å². The topological polar surface area (TPSA) is 64.6 Å². The van der Waals surface area contributed by atoms with Crippen LogP contribution in [0, 0.1) is 0 Å². The van der Waals surface area contributed by atoms with E-state index in [4.69, 9.17) is 33.2 Å². The Hall–Kier alpha value is -0.280. The van der Waals surface area contributed by atoms with Gasteiger partial charge in [0.2, 0.25) is 0 Å². The smallest absolute Gasteiger partial charge is 0.307 e. The summed E-state index contributed by atoms with van der Waals surface area (Å²) in [7, 11) is 8.71. The average molecular weight is 254 g/mol. The predicted octanol–water partition coefficient (Wildman–Crippen LogP) is 0.189. The van der Waals surface area contributed by atoms with Crippen molar-refractivity contribution in [1.29, 1.82) is 0 Å². The fourth-order valence-electron chi connectivity index (χ4n) is 1.15. The van der Waals surface area contributed by atoms with Crippen LogP contribution >= 0.6 is 0 Å². The summed E-state index contributed by atoms with van der Waals surface area (Å²) >= 11 is 0. The Balaban J connectivity index is 4.28. The van der Waals surface area contributed by atoms with Gasteiger partial charge in [-0.2, -0.15) is 0 Å². The lowest BCUT2D eigenvalue weighted by Crippen LogP contribution is -2.45. The molecule has 0 fully saturated rings. The number of methoxy groups -OCH3 is 6. The van der Waals surface area contributed by atoms with E-state index in [0.29, 0.717) is 0 Å². The van der Waals surface area contributed by atoms with E-state index >= 15 is 0 Å². The van der Waals surface area contributed by atoms with E-state index in [1.165, 1.54) is 42.7 Å². The molecule has 0 saturated carbocycles. The van der Waals surface area contributed by atoms with Crippen molar-refractivity contribution in [3.05, 3.63) is 0 Å². The number of hydrogen-bond acceptors (Lipinski definition) is 7. The van der Waals surface area contributed by atoms with Crippen LogP contribution in [-0.4, -0.2) is 67.8 Å². The van der Waals surface area contributed by atoms with E-state index in [9.17, 15) is 0 Å². The minimum atomic E-state index is -1.25. The summed E-state index contributed by atoms with van der Waals surface area (Å²) in [6, 6.07) is 0. The quantitative estimate of drug-likeness (QED) is 0.515. The second-order valence-corrected chi connectivity index (χ2v) is 3.08. The van der Waals surface area contributed by atoms with Crippen LogP contribution in [0.3, 0.4) is 0 Å². The highest BCUT2D eigenvalue weighted by Gasteiger charge is 2.34. The Labute approximate surface area is 102 Å². The van der Waals surface area contributed by atoms with E-state index < -0.39 is 11.9 Å². The zero-order valence-electron chi connectivity index (χ0n) is 11.3. The molecule has 0 aromatic rings. The molecule has 17 heavy (non-hydrogen) atoms. The van der Waals surface area contributed by atoms with Crippen molar-refractivity contribution in [2.24, 2.45) is 0 Å². The van der Waals surface area contributed by atoms with Crippen molar-refractivity contribution in [2.45, 2.75) is 11.9 Å². The van der Waals surface area contributed by atoms with Gasteiger partial charge in [-0.3, -0.25) is 0 Å². The average Bonchev–Trinajstić information content (AvgIpc) is 2.41. The van der Waals surface area contributed by atoms with Crippen molar-refractivity contribution in [3.63, 3.8) is 0 Å². The van der Waals surface area contributed by atoms with E-state index in [1.54, 1.807) is 0 Å². The molecule has 0 aromatic carbocycles. The lowest BCUT2D eigenvalue weighted by molar-refractivity contribution is -0.396. The zero-order chi connectivity index (χ0) is 13.4. The van der Waals surface area contributed by atoms with E-state index in [-0.39, 0.29) is 13.2 Å². The molecular weight excluding hydrogens is 232 g/mol. The van der Waals surface area contributed by atoms with E-state index in [0.717, 1.165) is 0 Å². The van der Waals surface area contributed by atoms with Crippen molar-refractivity contribution < 1.29 is 33.2 Å². The molecule has 7 nitrogen and oxygen atoms in total. The number of hydrogen-bond donors (Lipinski definition) is 0. The third kappa shape index (κ3) is 4.47. The second-order valence-electron chi connectivity index (χ2n) is 3.08. The maximum atomic E-state index is 5.36. The highest BCUT2D eigenvalue weighted by molar-refractivity contribution is 4.57. The third-order valence-electron chi connectivity index (χ3n) is 2.42. The molecule has 0 aromatic heterocycles. The minimum absolute atomic E-state index is 0.0360. The second kappa shape index (κ2) is 7.93. The van der Waals surface area contributed by atoms with Gasteiger partial charge in [0.05, 0.1) is 0 Å². The first-order valence-electron chi connectivity index (χ1n) is 4.96. The normalized spacial score (nSPS) is 13.1. The number of ether oxygens (including phenoxy) is 7. The van der Waals surface area contributed by atoms with Gasteiger partial charge in [0.1, 0.15) is 13.2 Å². The van der Waals surface area contributed by atoms with Gasteiger partial charge in [0.15, 0.2) is 0 Å². The first kappa shape index (κ1) is 16.7. The van der Waals surface area contributed by atoms with Crippen LogP contribution in [0.1, 0.15) is 0 Å². The molecule has 0 aliphatic rings. The Bertz CT molecular complexity index is 153. The fraction of sp³-hybridized carbons (Fsp3) is 1.00. The van der Waals surface area contributed by atoms with Gasteiger partial charge in [-0.15, -0.1) is 0 Å². The van der Waals surface area contributed by atoms with Gasteiger partial charge in [0.25, 0.3) is 0 Å². The highest BCUT2D eigenvalue weighted by Crippen LogP contribution is 2.16. The van der Waals surface area contributed by atoms with Gasteiger partial charge in [-0.25, -0.2) is 0 Å². The Morgan fingerprint density at radius 2 is 0.765 bits per heavy atom. The van der Waals surface area contributed by atoms with Gasteiger partial charge in [-0.1, -0.05) is 0 Å². The molecule has 0 rings (SSSR count). The van der Waals surface area contributed by atoms with Crippen LogP contribution in [0.2, 0.25) is 0 Å². The molecule has 104 valence electrons. The van der Waals surface area contributed by atoms with Crippen LogP contribution in [-0.2, 0) is 33.2 Å². The fourth-order valence-corrected chi connectivity index (χ4v) is 1.15. The Kier molecular flexibility index (Phi) is 7.80. The summed E-state index contributed by atoms with van der Waals surface area (Å²) in [5.74, 6) is -2.50. The standard InChI is InChI=1S/C10H22O7/c1-11-9(12-2,13-3)7-17-8-10(14-4,15-5)16-6/h7-8H2,1-6H3. The van der Waals surface area contributed by atoms with Gasteiger partial charge in [0, 0.05) is 42.7 Å². The first-order chi connectivity index (χ1) is 8.07. The molecule has 0 heterocycles. The largest absolute Gasteiger partial charge is 0.365 e. The molecule has 0 atom stereocenters. The summed E-state index contributed by atoms with van der Waals surface area (Å²) in [4.78, 5) is 0. The van der Waals surface area contributed by atoms with E-state index in [1.807, 2.05) is 0 Å². The van der Waals surface area contributed by atoms with Gasteiger partial charge >= 0.3 is 11.9 Å². The summed E-state index contributed by atoms with van der Waals surface area (Å²) in [5, 5.41) is 0. The Morgan fingerprint density at radius 1 is 0.529 bits per heavy atom. The summed E-state index contributed by atoms with van der Waals surface area (Å²) in [5.41, 5.74) is 0. The summed E-state index contributed by atoms with van der Waals surface area (Å²) in [6.45, 7) is 0.0721. The maximum Gasteiger partial charge on any atom is 0.307 e. The predicted molar refractivity (Wildman–Crippen MR) is 58.3 cm³/mol. The molecule has 0 N–H and O–H groups in total. The maximum absolute atomic E-state index is 5.36. The molecule has 0 aliphatic carbocycles. The molecule has 7 heteroatoms. The van der Waals surface area contributed by atoms with Crippen LogP contribution in [0.5, 0.6) is 0 Å². The molecule has 0 saturated heterocycles. The van der Waals surface area contributed by atoms with Crippen molar-refractivity contribution >= 4 is 0 Å². The van der Waals surface area contributed by atoms with Crippen LogP contribution in [0.25, 0.3) is 0 Å². The van der Waals surface area contributed by atoms with Crippen molar-refractivity contribution in [1.82, 2.24) is 0 Å². The van der Waals surface area contributed by atoms with Crippen LogP contribution in [0.4, 0.5) is 0 Å². The zero-order valence-corrected chi connectivity index (χ0v) is 11.3. The highest BCUT2D eigenvalue weighted by atomic mass is 16.9. The molecule has 0 bridgehead atoms.